The molecule has 39 heavy (non-hydrogen) atoms. The van der Waals surface area contributed by atoms with Gasteiger partial charge in [-0.05, 0) is 83.2 Å². The maximum atomic E-state index is 14.9. The lowest BCUT2D eigenvalue weighted by Gasteiger charge is -2.40. The average Bonchev–Trinajstić information content (AvgIpc) is 3.39. The monoisotopic (exact) mass is 557 g/mol. The highest BCUT2D eigenvalue weighted by atomic mass is 35.5. The summed E-state index contributed by atoms with van der Waals surface area (Å²) in [6, 6.07) is 7.58. The summed E-state index contributed by atoms with van der Waals surface area (Å²) in [6.45, 7) is 14.1. The van der Waals surface area contributed by atoms with Crippen LogP contribution in [-0.4, -0.2) is 59.4 Å². The molecule has 0 unspecified atom stereocenters. The third kappa shape index (κ3) is 4.65. The maximum Gasteiger partial charge on any atom is 0.238 e. The summed E-state index contributed by atoms with van der Waals surface area (Å²) >= 11 is 6.46. The van der Waals surface area contributed by atoms with Crippen molar-refractivity contribution in [2.45, 2.75) is 77.3 Å². The zero-order valence-electron chi connectivity index (χ0n) is 23.7. The number of rotatable bonds is 3. The number of hydrogen-bond acceptors (Lipinski definition) is 3. The van der Waals surface area contributed by atoms with E-state index in [2.05, 4.69) is 25.7 Å². The normalized spacial score (nSPS) is 23.3. The Morgan fingerprint density at radius 3 is 2.33 bits per heavy atom. The number of carbonyl (C=O) groups is 2. The topological polar surface area (TPSA) is 43.9 Å². The number of benzene rings is 2. The molecule has 0 aromatic heterocycles. The number of piperidine rings is 1. The summed E-state index contributed by atoms with van der Waals surface area (Å²) in [6.07, 6.45) is 1.06. The van der Waals surface area contributed by atoms with E-state index in [-0.39, 0.29) is 29.3 Å². The van der Waals surface area contributed by atoms with Crippen molar-refractivity contribution in [1.29, 1.82) is 0 Å². The second-order valence-electron chi connectivity index (χ2n) is 12.7. The van der Waals surface area contributed by atoms with Crippen LogP contribution < -0.4 is 4.90 Å². The van der Waals surface area contributed by atoms with E-state index in [1.54, 1.807) is 0 Å². The Morgan fingerprint density at radius 2 is 1.74 bits per heavy atom. The summed E-state index contributed by atoms with van der Waals surface area (Å²) in [5.41, 5.74) is 2.31. The molecule has 0 N–H and O–H groups in total. The molecule has 2 fully saturated rings. The van der Waals surface area contributed by atoms with Crippen LogP contribution in [0.2, 0.25) is 5.02 Å². The Bertz CT molecular complexity index is 1310. The fraction of sp³-hybridized carbons (Fsp3) is 0.548. The van der Waals surface area contributed by atoms with Crippen molar-refractivity contribution in [1.82, 2.24) is 9.80 Å². The molecule has 2 saturated heterocycles. The van der Waals surface area contributed by atoms with Gasteiger partial charge in [-0.2, -0.15) is 0 Å². The van der Waals surface area contributed by atoms with Crippen LogP contribution in [0.3, 0.4) is 0 Å². The SMILES string of the molecule is Cc1cc2c(cc1Cl)N(C(C)C)C(=O)C21CCN(C(=O)[C@@H]2CN(C(C)(C)C)C[C@H]2c2ccc(F)cc2F)CC1. The lowest BCUT2D eigenvalue weighted by atomic mass is 9.73. The number of carbonyl (C=O) groups excluding carboxylic acids is 2. The van der Waals surface area contributed by atoms with E-state index in [1.807, 2.05) is 42.7 Å². The zero-order valence-corrected chi connectivity index (χ0v) is 24.4. The fourth-order valence-corrected chi connectivity index (χ4v) is 6.93. The zero-order chi connectivity index (χ0) is 28.4. The van der Waals surface area contributed by atoms with Crippen LogP contribution in [0.5, 0.6) is 0 Å². The molecule has 5 rings (SSSR count). The van der Waals surface area contributed by atoms with E-state index in [1.165, 1.54) is 12.1 Å². The van der Waals surface area contributed by atoms with Crippen molar-refractivity contribution in [3.05, 3.63) is 63.7 Å². The number of nitrogens with zero attached hydrogens (tertiary/aromatic N) is 3. The number of amides is 2. The van der Waals surface area contributed by atoms with Gasteiger partial charge in [-0.1, -0.05) is 23.7 Å². The Kier molecular flexibility index (Phi) is 7.08. The smallest absolute Gasteiger partial charge is 0.238 e. The largest absolute Gasteiger partial charge is 0.342 e. The van der Waals surface area contributed by atoms with Crippen LogP contribution in [0.1, 0.15) is 70.1 Å². The van der Waals surface area contributed by atoms with Gasteiger partial charge < -0.3 is 9.80 Å². The summed E-state index contributed by atoms with van der Waals surface area (Å²) in [5.74, 6) is -2.00. The lowest BCUT2D eigenvalue weighted by Crippen LogP contribution is -2.52. The van der Waals surface area contributed by atoms with Gasteiger partial charge in [-0.25, -0.2) is 8.78 Å². The first kappa shape index (κ1) is 28.0. The molecule has 5 nitrogen and oxygen atoms in total. The molecule has 1 spiro atoms. The maximum absolute atomic E-state index is 14.9. The fourth-order valence-electron chi connectivity index (χ4n) is 6.77. The van der Waals surface area contributed by atoms with E-state index in [0.29, 0.717) is 49.6 Å². The molecule has 3 heterocycles. The van der Waals surface area contributed by atoms with Crippen LogP contribution in [0.15, 0.2) is 30.3 Å². The van der Waals surface area contributed by atoms with E-state index in [0.717, 1.165) is 22.9 Å². The minimum absolute atomic E-state index is 0.0118. The molecular weight excluding hydrogens is 520 g/mol. The van der Waals surface area contributed by atoms with Crippen molar-refractivity contribution in [3.63, 3.8) is 0 Å². The highest BCUT2D eigenvalue weighted by Gasteiger charge is 2.54. The minimum atomic E-state index is -0.679. The quantitative estimate of drug-likeness (QED) is 0.461. The highest BCUT2D eigenvalue weighted by molar-refractivity contribution is 6.32. The van der Waals surface area contributed by atoms with Crippen molar-refractivity contribution in [2.75, 3.05) is 31.1 Å². The third-order valence-electron chi connectivity index (χ3n) is 9.07. The van der Waals surface area contributed by atoms with Crippen LogP contribution in [0, 0.1) is 24.5 Å². The molecule has 0 bridgehead atoms. The molecule has 3 aliphatic rings. The molecule has 210 valence electrons. The van der Waals surface area contributed by atoms with Crippen molar-refractivity contribution < 1.29 is 18.4 Å². The number of halogens is 3. The van der Waals surface area contributed by atoms with Gasteiger partial charge in [0.2, 0.25) is 11.8 Å². The van der Waals surface area contributed by atoms with E-state index in [9.17, 15) is 18.4 Å². The van der Waals surface area contributed by atoms with Gasteiger partial charge in [0.05, 0.1) is 11.3 Å². The summed E-state index contributed by atoms with van der Waals surface area (Å²) in [7, 11) is 0. The van der Waals surface area contributed by atoms with Crippen LogP contribution in [0.25, 0.3) is 0 Å². The number of likely N-dealkylation sites (tertiary alicyclic amines) is 2. The van der Waals surface area contributed by atoms with Crippen LogP contribution in [-0.2, 0) is 15.0 Å². The van der Waals surface area contributed by atoms with Gasteiger partial charge in [0.25, 0.3) is 0 Å². The van der Waals surface area contributed by atoms with Gasteiger partial charge >= 0.3 is 0 Å². The second kappa shape index (κ2) is 9.84. The number of fused-ring (bicyclic) bond motifs is 2. The van der Waals surface area contributed by atoms with Crippen LogP contribution in [0.4, 0.5) is 14.5 Å². The molecule has 8 heteroatoms. The molecule has 0 aliphatic carbocycles. The van der Waals surface area contributed by atoms with Gasteiger partial charge in [0, 0.05) is 60.5 Å². The predicted octanol–water partition coefficient (Wildman–Crippen LogP) is 6.06. The van der Waals surface area contributed by atoms with Crippen molar-refractivity contribution >= 4 is 29.1 Å². The lowest BCUT2D eigenvalue weighted by molar-refractivity contribution is -0.139. The second-order valence-corrected chi connectivity index (χ2v) is 13.2. The summed E-state index contributed by atoms with van der Waals surface area (Å²) in [4.78, 5) is 33.8. The van der Waals surface area contributed by atoms with E-state index < -0.39 is 23.0 Å². The Balaban J connectivity index is 1.42. The number of hydrogen-bond donors (Lipinski definition) is 0. The molecule has 3 aliphatic heterocycles. The predicted molar refractivity (Wildman–Crippen MR) is 150 cm³/mol. The number of anilines is 1. The minimum Gasteiger partial charge on any atom is -0.342 e. The first-order valence-corrected chi connectivity index (χ1v) is 14.3. The first-order chi connectivity index (χ1) is 18.2. The molecule has 2 aromatic carbocycles. The van der Waals surface area contributed by atoms with Crippen LogP contribution >= 0.6 is 11.6 Å². The first-order valence-electron chi connectivity index (χ1n) is 13.9. The van der Waals surface area contributed by atoms with Gasteiger partial charge in [0.1, 0.15) is 11.6 Å². The van der Waals surface area contributed by atoms with Gasteiger partial charge in [-0.15, -0.1) is 0 Å². The third-order valence-corrected chi connectivity index (χ3v) is 9.48. The standard InChI is InChI=1S/C31H38ClF2N3O2/c1-18(2)37-27-15-25(32)19(3)13-24(27)31(29(37)39)9-11-35(12-10-31)28(38)23-17-36(30(4,5)6)16-22(23)21-8-7-20(33)14-26(21)34/h7-8,13-15,18,22-23H,9-12,16-17H2,1-6H3/t22-,23+/m0/s1. The summed E-state index contributed by atoms with van der Waals surface area (Å²) < 4.78 is 28.6. The highest BCUT2D eigenvalue weighted by Crippen LogP contribution is 2.50. The molecule has 2 amide bonds. The molecule has 2 aromatic rings. The Morgan fingerprint density at radius 1 is 1.08 bits per heavy atom. The Hall–Kier alpha value is -2.51. The molecule has 0 saturated carbocycles. The van der Waals surface area contributed by atoms with Crippen molar-refractivity contribution in [2.24, 2.45) is 5.92 Å². The summed E-state index contributed by atoms with van der Waals surface area (Å²) in [5, 5.41) is 0.639. The van der Waals surface area contributed by atoms with E-state index >= 15 is 0 Å². The molecule has 0 radical (unpaired) electrons. The Labute approximate surface area is 235 Å². The average molecular weight is 558 g/mol. The van der Waals surface area contributed by atoms with Gasteiger partial charge in [0.15, 0.2) is 0 Å². The number of aryl methyl sites for hydroxylation is 1. The van der Waals surface area contributed by atoms with Gasteiger partial charge in [-0.3, -0.25) is 14.5 Å². The molecule has 2 atom stereocenters. The van der Waals surface area contributed by atoms with Crippen molar-refractivity contribution in [3.8, 4) is 0 Å². The molecular formula is C31H38ClF2N3O2. The van der Waals surface area contributed by atoms with E-state index in [4.69, 9.17) is 11.6 Å².